The van der Waals surface area contributed by atoms with Crippen LogP contribution < -0.4 is 5.56 Å². The number of hydrogen-bond acceptors (Lipinski definition) is 4. The van der Waals surface area contributed by atoms with E-state index in [0.29, 0.717) is 6.54 Å². The van der Waals surface area contributed by atoms with Crippen molar-refractivity contribution in [2.24, 2.45) is 0 Å². The van der Waals surface area contributed by atoms with Crippen LogP contribution in [-0.2, 0) is 25.9 Å². The molecule has 3 heterocycles. The lowest BCUT2D eigenvalue weighted by molar-refractivity contribution is 0.243. The molecule has 4 nitrogen and oxygen atoms in total. The molecule has 21 heavy (non-hydrogen) atoms. The lowest BCUT2D eigenvalue weighted by Gasteiger charge is -2.27. The van der Waals surface area contributed by atoms with Crippen molar-refractivity contribution in [3.63, 3.8) is 0 Å². The van der Waals surface area contributed by atoms with Crippen LogP contribution in [0.3, 0.4) is 0 Å². The maximum Gasteiger partial charge on any atom is 0.255 e. The Hall–Kier alpha value is -1.46. The van der Waals surface area contributed by atoms with Gasteiger partial charge >= 0.3 is 0 Å². The number of H-pyrrole nitrogens is 1. The number of thiophene rings is 1. The fourth-order valence-corrected chi connectivity index (χ4v) is 3.74. The van der Waals surface area contributed by atoms with Gasteiger partial charge in [-0.1, -0.05) is 6.92 Å². The predicted molar refractivity (Wildman–Crippen MR) is 85.7 cm³/mol. The van der Waals surface area contributed by atoms with Crippen LogP contribution in [0.4, 0.5) is 0 Å². The largest absolute Gasteiger partial charge is 0.310 e. The number of rotatable bonds is 4. The summed E-state index contributed by atoms with van der Waals surface area (Å²) in [5.41, 5.74) is 3.25. The molecule has 0 radical (unpaired) electrons. The second-order valence-electron chi connectivity index (χ2n) is 5.68. The molecule has 1 N–H and O–H groups in total. The van der Waals surface area contributed by atoms with E-state index in [0.717, 1.165) is 49.4 Å². The normalized spacial score (nSPS) is 15.1. The molecule has 0 amide bonds. The molecule has 3 rings (SSSR count). The number of hydrogen-bond donors (Lipinski definition) is 1. The minimum Gasteiger partial charge on any atom is -0.310 e. The van der Waals surface area contributed by atoms with Gasteiger partial charge in [0, 0.05) is 37.4 Å². The van der Waals surface area contributed by atoms with Gasteiger partial charge in [-0.15, -0.1) is 11.3 Å². The van der Waals surface area contributed by atoms with Crippen molar-refractivity contribution in [1.29, 1.82) is 0 Å². The Kier molecular flexibility index (Phi) is 4.22. The Labute approximate surface area is 128 Å². The molecule has 0 bridgehead atoms. The van der Waals surface area contributed by atoms with Crippen LogP contribution >= 0.6 is 11.3 Å². The van der Waals surface area contributed by atoms with Crippen molar-refractivity contribution in [1.82, 2.24) is 14.9 Å². The fraction of sp³-hybridized carbons (Fsp3) is 0.500. The first-order valence-corrected chi connectivity index (χ1v) is 8.41. The maximum atomic E-state index is 12.3. The number of aromatic nitrogens is 2. The van der Waals surface area contributed by atoms with E-state index in [-0.39, 0.29) is 5.56 Å². The van der Waals surface area contributed by atoms with E-state index in [1.54, 1.807) is 11.3 Å². The molecule has 2 aromatic heterocycles. The van der Waals surface area contributed by atoms with E-state index in [4.69, 9.17) is 0 Å². The number of aryl methyl sites for hydroxylation is 2. The van der Waals surface area contributed by atoms with Gasteiger partial charge < -0.3 is 4.98 Å². The first-order valence-electron chi connectivity index (χ1n) is 7.53. The monoisotopic (exact) mass is 303 g/mol. The van der Waals surface area contributed by atoms with E-state index in [1.165, 1.54) is 10.4 Å². The third-order valence-electron chi connectivity index (χ3n) is 4.02. The third-order valence-corrected chi connectivity index (χ3v) is 5.03. The minimum atomic E-state index is 0.0519. The van der Waals surface area contributed by atoms with E-state index in [1.807, 2.05) is 0 Å². The minimum absolute atomic E-state index is 0.0519. The molecule has 112 valence electrons. The van der Waals surface area contributed by atoms with Gasteiger partial charge in [-0.05, 0) is 30.4 Å². The summed E-state index contributed by atoms with van der Waals surface area (Å²) in [5.74, 6) is 0.837. The number of nitrogens with one attached hydrogen (secondary N) is 1. The molecule has 0 spiro atoms. The highest BCUT2D eigenvalue weighted by atomic mass is 32.1. The van der Waals surface area contributed by atoms with Crippen LogP contribution in [0.5, 0.6) is 0 Å². The first kappa shape index (κ1) is 14.5. The molecule has 0 fully saturated rings. The summed E-state index contributed by atoms with van der Waals surface area (Å²) >= 11 is 1.79. The lowest BCUT2D eigenvalue weighted by atomic mass is 10.1. The molecule has 0 saturated carbocycles. The molecule has 5 heteroatoms. The molecular weight excluding hydrogens is 282 g/mol. The standard InChI is InChI=1S/C16H21N3OS/c1-3-4-15-17-13-5-7-19(9-12(13)16(20)18-15)10-14-11(2)6-8-21-14/h6,8H,3-5,7,9-10H2,1-2H3,(H,17,18,20). The smallest absolute Gasteiger partial charge is 0.255 e. The van der Waals surface area contributed by atoms with Crippen LogP contribution in [0.1, 0.15) is 40.9 Å². The zero-order valence-corrected chi connectivity index (χ0v) is 13.4. The van der Waals surface area contributed by atoms with Gasteiger partial charge in [0.25, 0.3) is 5.56 Å². The Morgan fingerprint density at radius 1 is 1.48 bits per heavy atom. The highest BCUT2D eigenvalue weighted by Crippen LogP contribution is 2.21. The molecule has 0 unspecified atom stereocenters. The van der Waals surface area contributed by atoms with Crippen LogP contribution in [0.15, 0.2) is 16.2 Å². The van der Waals surface area contributed by atoms with E-state index in [9.17, 15) is 4.79 Å². The van der Waals surface area contributed by atoms with Gasteiger partial charge in [-0.3, -0.25) is 9.69 Å². The van der Waals surface area contributed by atoms with Crippen LogP contribution in [0.25, 0.3) is 0 Å². The number of fused-ring (bicyclic) bond motifs is 1. The Morgan fingerprint density at radius 3 is 3.05 bits per heavy atom. The summed E-state index contributed by atoms with van der Waals surface area (Å²) in [6, 6.07) is 2.16. The average molecular weight is 303 g/mol. The number of nitrogens with zero attached hydrogens (tertiary/aromatic N) is 2. The van der Waals surface area contributed by atoms with Gasteiger partial charge in [-0.25, -0.2) is 4.98 Å². The molecule has 1 aliphatic rings. The Balaban J connectivity index is 1.79. The zero-order chi connectivity index (χ0) is 14.8. The van der Waals surface area contributed by atoms with Gasteiger partial charge in [-0.2, -0.15) is 0 Å². The SMILES string of the molecule is CCCc1nc2c(c(=O)[nH]1)CN(Cc1sccc1C)CC2. The second-order valence-corrected chi connectivity index (χ2v) is 6.68. The van der Waals surface area contributed by atoms with Crippen molar-refractivity contribution >= 4 is 11.3 Å². The van der Waals surface area contributed by atoms with Crippen molar-refractivity contribution in [3.05, 3.63) is 49.3 Å². The summed E-state index contributed by atoms with van der Waals surface area (Å²) in [5, 5.41) is 2.13. The molecule has 0 atom stereocenters. The summed E-state index contributed by atoms with van der Waals surface area (Å²) in [6.45, 7) is 6.87. The van der Waals surface area contributed by atoms with Crippen molar-refractivity contribution in [2.45, 2.75) is 46.2 Å². The quantitative estimate of drug-likeness (QED) is 0.944. The predicted octanol–water partition coefficient (Wildman–Crippen LogP) is 2.65. The summed E-state index contributed by atoms with van der Waals surface area (Å²) < 4.78 is 0. The Bertz CT molecular complexity index is 689. The molecule has 0 aliphatic carbocycles. The highest BCUT2D eigenvalue weighted by molar-refractivity contribution is 7.10. The van der Waals surface area contributed by atoms with E-state index in [2.05, 4.69) is 40.2 Å². The molecule has 0 saturated heterocycles. The highest BCUT2D eigenvalue weighted by Gasteiger charge is 2.21. The van der Waals surface area contributed by atoms with Gasteiger partial charge in [0.2, 0.25) is 0 Å². The van der Waals surface area contributed by atoms with Gasteiger partial charge in [0.05, 0.1) is 11.3 Å². The van der Waals surface area contributed by atoms with E-state index >= 15 is 0 Å². The fourth-order valence-electron chi connectivity index (χ4n) is 2.79. The molecular formula is C16H21N3OS. The van der Waals surface area contributed by atoms with Crippen molar-refractivity contribution in [2.75, 3.05) is 6.54 Å². The van der Waals surface area contributed by atoms with Crippen LogP contribution in [0.2, 0.25) is 0 Å². The third kappa shape index (κ3) is 3.09. The first-order chi connectivity index (χ1) is 10.2. The Morgan fingerprint density at radius 2 is 2.33 bits per heavy atom. The van der Waals surface area contributed by atoms with Crippen LogP contribution in [-0.4, -0.2) is 21.4 Å². The molecule has 1 aliphatic heterocycles. The lowest BCUT2D eigenvalue weighted by Crippen LogP contribution is -2.35. The van der Waals surface area contributed by atoms with E-state index < -0.39 is 0 Å². The molecule has 0 aromatic carbocycles. The average Bonchev–Trinajstić information content (AvgIpc) is 2.85. The summed E-state index contributed by atoms with van der Waals surface area (Å²) in [4.78, 5) is 23.6. The topological polar surface area (TPSA) is 49.0 Å². The van der Waals surface area contributed by atoms with Crippen molar-refractivity contribution < 1.29 is 0 Å². The maximum absolute atomic E-state index is 12.3. The second kappa shape index (κ2) is 6.12. The number of aromatic amines is 1. The van der Waals surface area contributed by atoms with Crippen LogP contribution in [0, 0.1) is 6.92 Å². The summed E-state index contributed by atoms with van der Waals surface area (Å²) in [7, 11) is 0. The van der Waals surface area contributed by atoms with Gasteiger partial charge in [0.15, 0.2) is 0 Å². The van der Waals surface area contributed by atoms with Crippen molar-refractivity contribution in [3.8, 4) is 0 Å². The molecule has 2 aromatic rings. The summed E-state index contributed by atoms with van der Waals surface area (Å²) in [6.07, 6.45) is 2.73. The zero-order valence-electron chi connectivity index (χ0n) is 12.6. The van der Waals surface area contributed by atoms with Gasteiger partial charge in [0.1, 0.15) is 5.82 Å².